The summed E-state index contributed by atoms with van der Waals surface area (Å²) >= 11 is 0.678. The molecule has 6 nitrogen and oxygen atoms in total. The van der Waals surface area contributed by atoms with Gasteiger partial charge in [-0.2, -0.15) is 22.5 Å². The molecule has 1 saturated carbocycles. The van der Waals surface area contributed by atoms with Crippen molar-refractivity contribution < 1.29 is 22.7 Å². The smallest absolute Gasteiger partial charge is 0.452 e. The van der Waals surface area contributed by atoms with Crippen molar-refractivity contribution in [2.45, 2.75) is 58.5 Å². The highest BCUT2D eigenvalue weighted by atomic mass is 32.1. The van der Waals surface area contributed by atoms with E-state index in [1.54, 1.807) is 0 Å². The highest BCUT2D eigenvalue weighted by molar-refractivity contribution is 7.09. The maximum atomic E-state index is 13.0. The van der Waals surface area contributed by atoms with E-state index in [0.717, 1.165) is 37.2 Å². The van der Waals surface area contributed by atoms with Crippen LogP contribution in [0.25, 0.3) is 0 Å². The molecule has 0 aliphatic heterocycles. The third-order valence-corrected chi connectivity index (χ3v) is 6.24. The third-order valence-electron chi connectivity index (χ3n) is 5.61. The normalized spacial score (nSPS) is 15.1. The number of hydrogen-bond acceptors (Lipinski definition) is 7. The molecule has 0 spiro atoms. The maximum absolute atomic E-state index is 13.0. The van der Waals surface area contributed by atoms with Gasteiger partial charge in [0.05, 0.1) is 24.9 Å². The predicted molar refractivity (Wildman–Crippen MR) is 124 cm³/mol. The lowest BCUT2D eigenvalue weighted by molar-refractivity contribution is -0.144. The fourth-order valence-corrected chi connectivity index (χ4v) is 4.57. The zero-order chi connectivity index (χ0) is 24.4. The number of hydrogen-bond donors (Lipinski definition) is 1. The van der Waals surface area contributed by atoms with Crippen molar-refractivity contribution in [3.63, 3.8) is 0 Å². The molecule has 1 N–H and O–H groups in total. The van der Waals surface area contributed by atoms with Crippen molar-refractivity contribution >= 4 is 34.0 Å². The van der Waals surface area contributed by atoms with Crippen molar-refractivity contribution in [2.24, 2.45) is 11.8 Å². The van der Waals surface area contributed by atoms with Gasteiger partial charge in [0.15, 0.2) is 0 Å². The number of aromatic nitrogens is 2. The van der Waals surface area contributed by atoms with Crippen LogP contribution in [0.1, 0.15) is 58.3 Å². The minimum absolute atomic E-state index is 0.0765. The van der Waals surface area contributed by atoms with Crippen LogP contribution in [0.4, 0.5) is 29.7 Å². The molecule has 0 saturated heterocycles. The SMILES string of the molecule is COC(=O)CC1(c2ccc(N(CC(C)C)CC(C)C)c(Nc3nc(C(F)(F)F)ns3)c2)CC1. The van der Waals surface area contributed by atoms with Crippen molar-refractivity contribution in [3.8, 4) is 0 Å². The molecule has 1 aromatic heterocycles. The Kier molecular flexibility index (Phi) is 7.55. The van der Waals surface area contributed by atoms with E-state index >= 15 is 0 Å². The fourth-order valence-electron chi connectivity index (χ4n) is 3.97. The molecule has 0 bridgehead atoms. The quantitative estimate of drug-likeness (QED) is 0.417. The van der Waals surface area contributed by atoms with E-state index in [2.05, 4.69) is 47.3 Å². The molecule has 10 heteroatoms. The molecule has 182 valence electrons. The topological polar surface area (TPSA) is 67.3 Å². The second-order valence-corrected chi connectivity index (χ2v) is 10.3. The van der Waals surface area contributed by atoms with Crippen LogP contribution in [0.15, 0.2) is 18.2 Å². The number of alkyl halides is 3. The number of esters is 1. The molecule has 1 aromatic carbocycles. The number of anilines is 3. The van der Waals surface area contributed by atoms with E-state index in [4.69, 9.17) is 4.74 Å². The molecular formula is C23H31F3N4O2S. The van der Waals surface area contributed by atoms with E-state index in [9.17, 15) is 18.0 Å². The van der Waals surface area contributed by atoms with Crippen LogP contribution < -0.4 is 10.2 Å². The largest absolute Gasteiger partial charge is 0.469 e. The molecule has 0 amide bonds. The van der Waals surface area contributed by atoms with Gasteiger partial charge in [0.2, 0.25) is 11.0 Å². The second-order valence-electron chi connectivity index (χ2n) is 9.50. The second kappa shape index (κ2) is 9.87. The summed E-state index contributed by atoms with van der Waals surface area (Å²) in [6.45, 7) is 10.1. The van der Waals surface area contributed by atoms with E-state index in [1.807, 2.05) is 18.2 Å². The highest BCUT2D eigenvalue weighted by Crippen LogP contribution is 2.52. The van der Waals surface area contributed by atoms with Crippen LogP contribution >= 0.6 is 11.5 Å². The number of nitrogens with zero attached hydrogens (tertiary/aromatic N) is 3. The average Bonchev–Trinajstić information content (AvgIpc) is 3.33. The lowest BCUT2D eigenvalue weighted by atomic mass is 9.91. The van der Waals surface area contributed by atoms with E-state index in [0.29, 0.717) is 29.1 Å². The first kappa shape index (κ1) is 25.3. The van der Waals surface area contributed by atoms with E-state index in [-0.39, 0.29) is 22.9 Å². The molecule has 0 radical (unpaired) electrons. The Morgan fingerprint density at radius 2 is 1.85 bits per heavy atom. The van der Waals surface area contributed by atoms with Gasteiger partial charge < -0.3 is 15.0 Å². The molecule has 0 atom stereocenters. The van der Waals surface area contributed by atoms with Gasteiger partial charge in [0.25, 0.3) is 0 Å². The zero-order valence-corrected chi connectivity index (χ0v) is 20.4. The predicted octanol–water partition coefficient (Wildman–Crippen LogP) is 6.01. The highest BCUT2D eigenvalue weighted by Gasteiger charge is 2.46. The summed E-state index contributed by atoms with van der Waals surface area (Å²) in [5, 5.41) is 3.16. The molecule has 3 rings (SSSR count). The van der Waals surface area contributed by atoms with Gasteiger partial charge in [-0.1, -0.05) is 33.8 Å². The Balaban J connectivity index is 2.01. The number of methoxy groups -OCH3 is 1. The maximum Gasteiger partial charge on any atom is 0.452 e. The summed E-state index contributed by atoms with van der Waals surface area (Å²) in [6.07, 6.45) is -2.60. The van der Waals surface area contributed by atoms with Gasteiger partial charge in [-0.25, -0.2) is 0 Å². The Hall–Kier alpha value is -2.36. The van der Waals surface area contributed by atoms with Crippen LogP contribution in [-0.2, 0) is 21.1 Å². The first-order valence-corrected chi connectivity index (χ1v) is 11.8. The summed E-state index contributed by atoms with van der Waals surface area (Å²) in [6, 6.07) is 5.95. The number of ether oxygens (including phenoxy) is 1. The lowest BCUT2D eigenvalue weighted by Gasteiger charge is -2.31. The summed E-state index contributed by atoms with van der Waals surface area (Å²) in [5.41, 5.74) is 2.23. The molecule has 2 aromatic rings. The Bertz CT molecular complexity index is 961. The molecule has 1 aliphatic carbocycles. The van der Waals surface area contributed by atoms with Crippen LogP contribution in [0.3, 0.4) is 0 Å². The van der Waals surface area contributed by atoms with Crippen LogP contribution in [0.2, 0.25) is 0 Å². The van der Waals surface area contributed by atoms with Gasteiger partial charge >= 0.3 is 12.1 Å². The summed E-state index contributed by atoms with van der Waals surface area (Å²) in [4.78, 5) is 17.9. The van der Waals surface area contributed by atoms with Crippen LogP contribution in [-0.4, -0.2) is 35.5 Å². The number of rotatable bonds is 10. The minimum atomic E-state index is -4.60. The number of carbonyl (C=O) groups excluding carboxylic acids is 1. The monoisotopic (exact) mass is 484 g/mol. The van der Waals surface area contributed by atoms with Gasteiger partial charge in [0, 0.05) is 30.0 Å². The molecule has 1 heterocycles. The molecule has 1 fully saturated rings. The van der Waals surface area contributed by atoms with Gasteiger partial charge in [-0.3, -0.25) is 4.79 Å². The van der Waals surface area contributed by atoms with Gasteiger partial charge in [-0.05, 0) is 42.4 Å². The number of carbonyl (C=O) groups is 1. The van der Waals surface area contributed by atoms with Crippen molar-refractivity contribution in [1.82, 2.24) is 9.36 Å². The minimum Gasteiger partial charge on any atom is -0.469 e. The number of halogens is 3. The summed E-state index contributed by atoms with van der Waals surface area (Å²) < 4.78 is 47.4. The van der Waals surface area contributed by atoms with Crippen molar-refractivity contribution in [3.05, 3.63) is 29.6 Å². The van der Waals surface area contributed by atoms with Crippen molar-refractivity contribution in [1.29, 1.82) is 0 Å². The Morgan fingerprint density at radius 1 is 1.21 bits per heavy atom. The Labute approximate surface area is 196 Å². The molecule has 33 heavy (non-hydrogen) atoms. The van der Waals surface area contributed by atoms with E-state index < -0.39 is 12.0 Å². The Morgan fingerprint density at radius 3 is 2.33 bits per heavy atom. The summed E-state index contributed by atoms with van der Waals surface area (Å²) in [5.74, 6) is -0.642. The standard InChI is InChI=1S/C23H31F3N4O2S/c1-14(2)12-30(13-15(3)4)18-7-6-16(22(8-9-22)11-19(31)32-5)10-17(18)27-21-28-20(29-33-21)23(24,25)26/h6-7,10,14-15H,8-9,11-13H2,1-5H3,(H,27,28,29). The number of benzene rings is 1. The van der Waals surface area contributed by atoms with Gasteiger partial charge in [0.1, 0.15) is 0 Å². The zero-order valence-electron chi connectivity index (χ0n) is 19.6. The molecule has 0 unspecified atom stereocenters. The third kappa shape index (κ3) is 6.37. The lowest BCUT2D eigenvalue weighted by Crippen LogP contribution is -2.32. The molecular weight excluding hydrogens is 453 g/mol. The number of nitrogens with one attached hydrogen (secondary N) is 1. The summed E-state index contributed by atoms with van der Waals surface area (Å²) in [7, 11) is 1.37. The first-order chi connectivity index (χ1) is 15.4. The van der Waals surface area contributed by atoms with Crippen molar-refractivity contribution in [2.75, 3.05) is 30.4 Å². The van der Waals surface area contributed by atoms with Crippen LogP contribution in [0.5, 0.6) is 0 Å². The van der Waals surface area contributed by atoms with E-state index in [1.165, 1.54) is 7.11 Å². The first-order valence-electron chi connectivity index (χ1n) is 11.1. The van der Waals surface area contributed by atoms with Crippen LogP contribution in [0, 0.1) is 11.8 Å². The van der Waals surface area contributed by atoms with Gasteiger partial charge in [-0.15, -0.1) is 0 Å². The molecule has 1 aliphatic rings. The fraction of sp³-hybridized carbons (Fsp3) is 0.609. The average molecular weight is 485 g/mol.